The van der Waals surface area contributed by atoms with E-state index in [0.717, 1.165) is 10.5 Å². The molecule has 0 aromatic heterocycles. The second-order valence-corrected chi connectivity index (χ2v) is 6.96. The number of amides is 2. The highest BCUT2D eigenvalue weighted by molar-refractivity contribution is 6.47. The number of methoxy groups -OCH3 is 1. The number of aryl methyl sites for hydroxylation is 1. The first-order valence-corrected chi connectivity index (χ1v) is 8.97. The van der Waals surface area contributed by atoms with E-state index >= 15 is 0 Å². The molecule has 0 aliphatic carbocycles. The van der Waals surface area contributed by atoms with E-state index in [9.17, 15) is 14.4 Å². The smallest absolute Gasteiger partial charge is 0.355 e. The largest absolute Gasteiger partial charge is 0.464 e. The van der Waals surface area contributed by atoms with E-state index in [0.29, 0.717) is 16.4 Å². The van der Waals surface area contributed by atoms with E-state index < -0.39 is 29.7 Å². The van der Waals surface area contributed by atoms with Crippen LogP contribution >= 0.6 is 11.6 Å². The lowest BCUT2D eigenvalue weighted by Gasteiger charge is -2.23. The Bertz CT molecular complexity index is 1020. The van der Waals surface area contributed by atoms with Crippen LogP contribution in [0.2, 0.25) is 5.02 Å². The molecule has 2 aromatic rings. The van der Waals surface area contributed by atoms with Gasteiger partial charge in [0.15, 0.2) is 5.71 Å². The molecule has 2 aliphatic heterocycles. The van der Waals surface area contributed by atoms with Crippen LogP contribution in [0.15, 0.2) is 53.6 Å². The van der Waals surface area contributed by atoms with Gasteiger partial charge >= 0.3 is 5.97 Å². The Labute approximate surface area is 166 Å². The highest BCUT2D eigenvalue weighted by atomic mass is 35.5. The van der Waals surface area contributed by atoms with Crippen LogP contribution in [0.25, 0.3) is 0 Å². The van der Waals surface area contributed by atoms with E-state index in [1.165, 1.54) is 12.1 Å². The third-order valence-corrected chi connectivity index (χ3v) is 5.14. The van der Waals surface area contributed by atoms with Crippen molar-refractivity contribution >= 4 is 46.5 Å². The van der Waals surface area contributed by atoms with Crippen molar-refractivity contribution in [2.45, 2.75) is 13.0 Å². The minimum Gasteiger partial charge on any atom is -0.464 e. The van der Waals surface area contributed by atoms with E-state index in [1.807, 2.05) is 19.1 Å². The number of rotatable bonds is 3. The number of hydrogen-bond acceptors (Lipinski definition) is 6. The normalized spacial score (nSPS) is 21.0. The number of halogens is 1. The van der Waals surface area contributed by atoms with Crippen LogP contribution < -0.4 is 9.91 Å². The monoisotopic (exact) mass is 397 g/mol. The number of nitrogens with zero attached hydrogens (tertiary/aromatic N) is 3. The summed E-state index contributed by atoms with van der Waals surface area (Å²) in [6, 6.07) is 12.8. The van der Waals surface area contributed by atoms with Gasteiger partial charge in [-0.3, -0.25) is 14.6 Å². The summed E-state index contributed by atoms with van der Waals surface area (Å²) in [5.74, 6) is -2.73. The topological polar surface area (TPSA) is 79.3 Å². The molecule has 0 spiro atoms. The number of ether oxygens (including phenoxy) is 1. The van der Waals surface area contributed by atoms with Crippen LogP contribution in [0.1, 0.15) is 5.56 Å². The van der Waals surface area contributed by atoms with E-state index in [4.69, 9.17) is 16.3 Å². The minimum absolute atomic E-state index is 0.0782. The number of fused-ring (bicyclic) bond motifs is 1. The van der Waals surface area contributed by atoms with E-state index in [-0.39, 0.29) is 5.71 Å². The number of esters is 1. The van der Waals surface area contributed by atoms with Crippen molar-refractivity contribution in [2.75, 3.05) is 17.0 Å². The van der Waals surface area contributed by atoms with Gasteiger partial charge in [-0.05, 0) is 42.8 Å². The first kappa shape index (κ1) is 18.2. The molecule has 142 valence electrons. The summed E-state index contributed by atoms with van der Waals surface area (Å²) in [4.78, 5) is 39.7. The van der Waals surface area contributed by atoms with Crippen molar-refractivity contribution in [1.29, 1.82) is 0 Å². The highest BCUT2D eigenvalue weighted by Gasteiger charge is 2.59. The van der Waals surface area contributed by atoms with Gasteiger partial charge in [0, 0.05) is 5.02 Å². The Kier molecular flexibility index (Phi) is 4.39. The average Bonchev–Trinajstić information content (AvgIpc) is 3.20. The fraction of sp³-hybridized carbons (Fsp3) is 0.200. The van der Waals surface area contributed by atoms with Gasteiger partial charge in [-0.2, -0.15) is 5.10 Å². The fourth-order valence-corrected chi connectivity index (χ4v) is 3.68. The van der Waals surface area contributed by atoms with Crippen molar-refractivity contribution in [3.8, 4) is 0 Å². The zero-order valence-electron chi connectivity index (χ0n) is 15.1. The summed E-state index contributed by atoms with van der Waals surface area (Å²) in [5, 5.41) is 6.24. The molecule has 4 rings (SSSR count). The first-order chi connectivity index (χ1) is 13.4. The molecule has 0 unspecified atom stereocenters. The van der Waals surface area contributed by atoms with Gasteiger partial charge in [-0.1, -0.05) is 29.8 Å². The number of hydrogen-bond donors (Lipinski definition) is 0. The number of benzene rings is 2. The van der Waals surface area contributed by atoms with Crippen molar-refractivity contribution < 1.29 is 19.1 Å². The lowest BCUT2D eigenvalue weighted by molar-refractivity contribution is -0.133. The summed E-state index contributed by atoms with van der Waals surface area (Å²) in [5.41, 5.74) is 1.82. The Hall–Kier alpha value is -3.19. The molecule has 2 amide bonds. The molecule has 1 fully saturated rings. The maximum absolute atomic E-state index is 13.2. The van der Waals surface area contributed by atoms with Crippen LogP contribution in [0.3, 0.4) is 0 Å². The lowest BCUT2D eigenvalue weighted by Crippen LogP contribution is -2.39. The molecule has 0 saturated carbocycles. The number of imide groups is 1. The second kappa shape index (κ2) is 6.76. The van der Waals surface area contributed by atoms with Crippen LogP contribution in [0.4, 0.5) is 11.4 Å². The molecule has 2 aromatic carbocycles. The molecule has 28 heavy (non-hydrogen) atoms. The third-order valence-electron chi connectivity index (χ3n) is 4.89. The number of carbonyl (C=O) groups excluding carboxylic acids is 3. The Morgan fingerprint density at radius 3 is 2.39 bits per heavy atom. The van der Waals surface area contributed by atoms with Crippen molar-refractivity contribution in [3.63, 3.8) is 0 Å². The molecule has 0 N–H and O–H groups in total. The summed E-state index contributed by atoms with van der Waals surface area (Å²) in [6.45, 7) is 1.87. The molecule has 0 bridgehead atoms. The summed E-state index contributed by atoms with van der Waals surface area (Å²) in [6.07, 6.45) is 0. The van der Waals surface area contributed by atoms with Gasteiger partial charge in [-0.25, -0.2) is 9.69 Å². The number of anilines is 2. The summed E-state index contributed by atoms with van der Waals surface area (Å²) in [7, 11) is 1.22. The second-order valence-electron chi connectivity index (χ2n) is 6.52. The van der Waals surface area contributed by atoms with Crippen LogP contribution in [0, 0.1) is 12.8 Å². The maximum Gasteiger partial charge on any atom is 0.355 e. The quantitative estimate of drug-likeness (QED) is 0.587. The average molecular weight is 398 g/mol. The van der Waals surface area contributed by atoms with Crippen molar-refractivity contribution in [3.05, 3.63) is 59.1 Å². The molecular weight excluding hydrogens is 382 g/mol. The van der Waals surface area contributed by atoms with Crippen molar-refractivity contribution in [1.82, 2.24) is 0 Å². The Balaban J connectivity index is 1.82. The molecular formula is C20H16ClN3O4. The Morgan fingerprint density at radius 1 is 1.07 bits per heavy atom. The molecule has 2 atom stereocenters. The van der Waals surface area contributed by atoms with Gasteiger partial charge in [0.05, 0.1) is 18.5 Å². The van der Waals surface area contributed by atoms with Gasteiger partial charge in [0.25, 0.3) is 5.91 Å². The van der Waals surface area contributed by atoms with Crippen LogP contribution in [-0.4, -0.2) is 36.6 Å². The lowest BCUT2D eigenvalue weighted by atomic mass is 9.97. The molecule has 7 nitrogen and oxygen atoms in total. The number of para-hydroxylation sites is 1. The summed E-state index contributed by atoms with van der Waals surface area (Å²) >= 11 is 5.91. The fourth-order valence-electron chi connectivity index (χ4n) is 3.55. The predicted molar refractivity (Wildman–Crippen MR) is 104 cm³/mol. The van der Waals surface area contributed by atoms with Gasteiger partial charge in [0.1, 0.15) is 12.0 Å². The molecule has 1 saturated heterocycles. The maximum atomic E-state index is 13.2. The molecule has 0 radical (unpaired) electrons. The van der Waals surface area contributed by atoms with Crippen LogP contribution in [-0.2, 0) is 19.1 Å². The number of hydrazone groups is 1. The zero-order chi connectivity index (χ0) is 20.0. The van der Waals surface area contributed by atoms with E-state index in [2.05, 4.69) is 5.10 Å². The highest BCUT2D eigenvalue weighted by Crippen LogP contribution is 2.39. The zero-order valence-corrected chi connectivity index (χ0v) is 15.9. The predicted octanol–water partition coefficient (Wildman–Crippen LogP) is 2.56. The first-order valence-electron chi connectivity index (χ1n) is 8.59. The van der Waals surface area contributed by atoms with Gasteiger partial charge in [-0.15, -0.1) is 0 Å². The number of carbonyl (C=O) groups is 3. The molecule has 8 heteroatoms. The molecule has 2 heterocycles. The van der Waals surface area contributed by atoms with Gasteiger partial charge < -0.3 is 4.74 Å². The van der Waals surface area contributed by atoms with Crippen LogP contribution in [0.5, 0.6) is 0 Å². The van der Waals surface area contributed by atoms with Gasteiger partial charge in [0.2, 0.25) is 5.91 Å². The minimum atomic E-state index is -1.03. The SMILES string of the molecule is COC(=O)C1=NN(c2ccccc2C)[C@@H]2C(=O)N(c3ccc(Cl)cc3)C(=O)[C@@H]12. The Morgan fingerprint density at radius 2 is 1.75 bits per heavy atom. The standard InChI is InChI=1S/C20H16ClN3O4/c1-11-5-3-4-6-14(11)24-17-15(16(22-24)20(27)28-2)18(25)23(19(17)26)13-9-7-12(21)8-10-13/h3-10,15,17H,1-2H3/t15-,17-/m0/s1. The van der Waals surface area contributed by atoms with Crippen molar-refractivity contribution in [2.24, 2.45) is 11.0 Å². The third kappa shape index (κ3) is 2.66. The van der Waals surface area contributed by atoms with E-state index in [1.54, 1.807) is 36.4 Å². The molecule has 2 aliphatic rings. The summed E-state index contributed by atoms with van der Waals surface area (Å²) < 4.78 is 4.80.